The van der Waals surface area contributed by atoms with Crippen LogP contribution in [0.15, 0.2) is 0 Å². The van der Waals surface area contributed by atoms with Crippen LogP contribution in [0.1, 0.15) is 59.3 Å². The molecule has 2 heteroatoms. The highest BCUT2D eigenvalue weighted by Gasteiger charge is 2.30. The molecule has 0 radical (unpaired) electrons. The number of rotatable bonds is 7. The molecule has 1 aliphatic heterocycles. The van der Waals surface area contributed by atoms with E-state index in [1.807, 2.05) is 0 Å². The van der Waals surface area contributed by atoms with Crippen LogP contribution in [0.3, 0.4) is 0 Å². The van der Waals surface area contributed by atoms with E-state index in [9.17, 15) is 4.79 Å². The van der Waals surface area contributed by atoms with Gasteiger partial charge in [-0.1, -0.05) is 33.6 Å². The van der Waals surface area contributed by atoms with Crippen LogP contribution in [-0.2, 0) is 4.79 Å². The molecular formula is C15H29NO. The van der Waals surface area contributed by atoms with Crippen molar-refractivity contribution in [1.29, 1.82) is 0 Å². The predicted molar refractivity (Wildman–Crippen MR) is 73.2 cm³/mol. The first kappa shape index (κ1) is 14.7. The highest BCUT2D eigenvalue weighted by molar-refractivity contribution is 5.59. The Morgan fingerprint density at radius 1 is 1.29 bits per heavy atom. The molecule has 1 fully saturated rings. The van der Waals surface area contributed by atoms with Crippen LogP contribution in [0.5, 0.6) is 0 Å². The first-order valence-electron chi connectivity index (χ1n) is 7.34. The molecule has 0 aromatic carbocycles. The van der Waals surface area contributed by atoms with Crippen LogP contribution < -0.4 is 0 Å². The molecule has 0 N–H and O–H groups in total. The average molecular weight is 239 g/mol. The third-order valence-corrected chi connectivity index (χ3v) is 4.40. The van der Waals surface area contributed by atoms with Crippen LogP contribution in [0.2, 0.25) is 0 Å². The Kier molecular flexibility index (Phi) is 6.18. The highest BCUT2D eigenvalue weighted by Crippen LogP contribution is 2.29. The van der Waals surface area contributed by atoms with Crippen molar-refractivity contribution in [2.24, 2.45) is 11.3 Å². The molecule has 1 rings (SSSR count). The lowest BCUT2D eigenvalue weighted by Gasteiger charge is -2.37. The van der Waals surface area contributed by atoms with Crippen LogP contribution in [-0.4, -0.2) is 30.8 Å². The second-order valence-corrected chi connectivity index (χ2v) is 5.90. The third kappa shape index (κ3) is 4.42. The van der Waals surface area contributed by atoms with Crippen molar-refractivity contribution in [2.75, 3.05) is 19.6 Å². The van der Waals surface area contributed by atoms with Crippen LogP contribution in [0.25, 0.3) is 0 Å². The molecule has 0 aromatic heterocycles. The highest BCUT2D eigenvalue weighted by atomic mass is 16.1. The molecular weight excluding hydrogens is 210 g/mol. The van der Waals surface area contributed by atoms with E-state index in [1.165, 1.54) is 45.1 Å². The number of carbonyl (C=O) groups is 1. The average Bonchev–Trinajstić information content (AvgIpc) is 2.37. The number of nitrogens with zero attached hydrogens (tertiary/aromatic N) is 1. The monoisotopic (exact) mass is 239 g/mol. The normalized spacial score (nSPS) is 22.3. The van der Waals surface area contributed by atoms with E-state index in [4.69, 9.17) is 0 Å². The smallest absolute Gasteiger partial charge is 0.127 e. The third-order valence-electron chi connectivity index (χ3n) is 4.40. The van der Waals surface area contributed by atoms with Crippen LogP contribution in [0, 0.1) is 11.3 Å². The van der Waals surface area contributed by atoms with Gasteiger partial charge in [-0.15, -0.1) is 0 Å². The van der Waals surface area contributed by atoms with Gasteiger partial charge in [-0.25, -0.2) is 0 Å². The van der Waals surface area contributed by atoms with Crippen molar-refractivity contribution in [3.63, 3.8) is 0 Å². The zero-order valence-corrected chi connectivity index (χ0v) is 11.9. The summed E-state index contributed by atoms with van der Waals surface area (Å²) < 4.78 is 0. The summed E-state index contributed by atoms with van der Waals surface area (Å²) in [6.45, 7) is 10.1. The van der Waals surface area contributed by atoms with Gasteiger partial charge >= 0.3 is 0 Å². The molecule has 1 saturated heterocycles. The van der Waals surface area contributed by atoms with Crippen molar-refractivity contribution < 1.29 is 4.79 Å². The van der Waals surface area contributed by atoms with E-state index in [0.29, 0.717) is 0 Å². The Morgan fingerprint density at radius 2 is 1.94 bits per heavy atom. The summed E-state index contributed by atoms with van der Waals surface area (Å²) in [5, 5.41) is 0. The second kappa shape index (κ2) is 7.15. The summed E-state index contributed by atoms with van der Waals surface area (Å²) in [6, 6.07) is 0. The van der Waals surface area contributed by atoms with E-state index >= 15 is 0 Å². The summed E-state index contributed by atoms with van der Waals surface area (Å²) in [4.78, 5) is 14.0. The van der Waals surface area contributed by atoms with E-state index in [1.54, 1.807) is 0 Å². The molecule has 0 spiro atoms. The molecule has 0 aliphatic carbocycles. The van der Waals surface area contributed by atoms with Gasteiger partial charge in [-0.3, -0.25) is 0 Å². The minimum absolute atomic E-state index is 0.0728. The van der Waals surface area contributed by atoms with Gasteiger partial charge in [-0.05, 0) is 44.7 Å². The van der Waals surface area contributed by atoms with Crippen molar-refractivity contribution >= 4 is 6.29 Å². The number of hydrogen-bond donors (Lipinski definition) is 0. The molecule has 0 bridgehead atoms. The predicted octanol–water partition coefficient (Wildman–Crippen LogP) is 3.50. The van der Waals surface area contributed by atoms with Gasteiger partial charge in [0.2, 0.25) is 0 Å². The van der Waals surface area contributed by atoms with Gasteiger partial charge in [0.25, 0.3) is 0 Å². The van der Waals surface area contributed by atoms with Crippen molar-refractivity contribution in [2.45, 2.75) is 59.3 Å². The van der Waals surface area contributed by atoms with E-state index < -0.39 is 0 Å². The van der Waals surface area contributed by atoms with Gasteiger partial charge in [0.05, 0.1) is 0 Å². The Bertz CT molecular complexity index is 221. The lowest BCUT2D eigenvalue weighted by Crippen LogP contribution is -2.42. The lowest BCUT2D eigenvalue weighted by molar-refractivity contribution is -0.118. The van der Waals surface area contributed by atoms with Gasteiger partial charge in [0, 0.05) is 12.0 Å². The summed E-state index contributed by atoms with van der Waals surface area (Å²) in [6.07, 6.45) is 8.25. The number of hydrogen-bond acceptors (Lipinski definition) is 2. The Hall–Kier alpha value is -0.370. The molecule has 2 nitrogen and oxygen atoms in total. The maximum Gasteiger partial charge on any atom is 0.127 e. The summed E-state index contributed by atoms with van der Waals surface area (Å²) in [5.74, 6) is 0.870. The number of carbonyl (C=O) groups excluding carboxylic acids is 1. The first-order chi connectivity index (χ1) is 8.15. The zero-order chi connectivity index (χ0) is 12.7. The molecule has 1 atom stereocenters. The van der Waals surface area contributed by atoms with E-state index in [0.717, 1.165) is 25.3 Å². The van der Waals surface area contributed by atoms with Crippen molar-refractivity contribution in [1.82, 2.24) is 4.90 Å². The fourth-order valence-corrected chi connectivity index (χ4v) is 2.74. The topological polar surface area (TPSA) is 20.3 Å². The molecule has 1 heterocycles. The minimum Gasteiger partial charge on any atom is -0.303 e. The number of piperidine rings is 1. The summed E-state index contributed by atoms with van der Waals surface area (Å²) >= 11 is 0. The largest absolute Gasteiger partial charge is 0.303 e. The maximum atomic E-state index is 11.5. The molecule has 0 saturated carbocycles. The van der Waals surface area contributed by atoms with Gasteiger partial charge in [0.1, 0.15) is 6.29 Å². The summed E-state index contributed by atoms with van der Waals surface area (Å²) in [5.41, 5.74) is -0.0728. The van der Waals surface area contributed by atoms with Gasteiger partial charge in [-0.2, -0.15) is 0 Å². The van der Waals surface area contributed by atoms with Crippen molar-refractivity contribution in [3.8, 4) is 0 Å². The second-order valence-electron chi connectivity index (χ2n) is 5.90. The zero-order valence-electron chi connectivity index (χ0n) is 11.9. The lowest BCUT2D eigenvalue weighted by atomic mass is 9.80. The quantitative estimate of drug-likeness (QED) is 0.634. The SMILES string of the molecule is CCCCC(C=O)(CC)CN1CCC(C)CC1. The molecule has 0 amide bonds. The minimum atomic E-state index is -0.0728. The van der Waals surface area contributed by atoms with Gasteiger partial charge in [0.15, 0.2) is 0 Å². The Balaban J connectivity index is 2.50. The first-order valence-corrected chi connectivity index (χ1v) is 7.34. The number of aldehydes is 1. The van der Waals surface area contributed by atoms with E-state index in [-0.39, 0.29) is 5.41 Å². The molecule has 100 valence electrons. The fourth-order valence-electron chi connectivity index (χ4n) is 2.74. The molecule has 17 heavy (non-hydrogen) atoms. The number of unbranched alkanes of at least 4 members (excludes halogenated alkanes) is 1. The fraction of sp³-hybridized carbons (Fsp3) is 0.933. The number of likely N-dealkylation sites (tertiary alicyclic amines) is 1. The van der Waals surface area contributed by atoms with Crippen LogP contribution in [0.4, 0.5) is 0 Å². The Labute approximate surface area is 107 Å². The molecule has 0 aromatic rings. The molecule has 1 aliphatic rings. The van der Waals surface area contributed by atoms with Gasteiger partial charge < -0.3 is 9.69 Å². The van der Waals surface area contributed by atoms with E-state index in [2.05, 4.69) is 25.7 Å². The van der Waals surface area contributed by atoms with Crippen LogP contribution >= 0.6 is 0 Å². The van der Waals surface area contributed by atoms with Crippen molar-refractivity contribution in [3.05, 3.63) is 0 Å². The maximum absolute atomic E-state index is 11.5. The summed E-state index contributed by atoms with van der Waals surface area (Å²) in [7, 11) is 0. The standard InChI is InChI=1S/C15H29NO/c1-4-6-9-15(5-2,13-17)12-16-10-7-14(3)8-11-16/h13-14H,4-12H2,1-3H3. The molecule has 1 unspecified atom stereocenters. The Morgan fingerprint density at radius 3 is 2.41 bits per heavy atom.